The lowest BCUT2D eigenvalue weighted by Gasteiger charge is -2.15. The lowest BCUT2D eigenvalue weighted by molar-refractivity contribution is 0.159. The van der Waals surface area contributed by atoms with Crippen molar-refractivity contribution < 1.29 is 9.47 Å². The lowest BCUT2D eigenvalue weighted by atomic mass is 10.5. The molecule has 0 spiro atoms. The smallest absolute Gasteiger partial charge is 0.258 e. The van der Waals surface area contributed by atoms with Gasteiger partial charge in [-0.2, -0.15) is 0 Å². The Hall–Kier alpha value is -1.39. The van der Waals surface area contributed by atoms with Gasteiger partial charge in [-0.3, -0.25) is 0 Å². The molecule has 5 nitrogen and oxygen atoms in total. The summed E-state index contributed by atoms with van der Waals surface area (Å²) in [6.45, 7) is 1.15. The Morgan fingerprint density at radius 1 is 1.31 bits per heavy atom. The normalized spacial score (nSPS) is 20.3. The van der Waals surface area contributed by atoms with Gasteiger partial charge in [0.1, 0.15) is 13.2 Å². The van der Waals surface area contributed by atoms with Gasteiger partial charge in [0.25, 0.3) is 5.88 Å². The molecule has 0 unspecified atom stereocenters. The van der Waals surface area contributed by atoms with Gasteiger partial charge in [-0.15, -0.1) is 5.10 Å². The molecule has 0 aromatic carbocycles. The van der Waals surface area contributed by atoms with Gasteiger partial charge in [0.15, 0.2) is 5.82 Å². The minimum absolute atomic E-state index is 0.446. The van der Waals surface area contributed by atoms with Gasteiger partial charge in [0.2, 0.25) is 5.75 Å². The summed E-state index contributed by atoms with van der Waals surface area (Å²) < 4.78 is 12.7. The maximum atomic E-state index is 5.69. The van der Waals surface area contributed by atoms with E-state index in [1.165, 1.54) is 0 Å². The molecule has 1 aliphatic carbocycles. The van der Waals surface area contributed by atoms with Crippen LogP contribution in [0.3, 0.4) is 0 Å². The van der Waals surface area contributed by atoms with Crippen molar-refractivity contribution in [1.82, 2.24) is 9.78 Å². The largest absolute Gasteiger partial charge is 0.482 e. The molecule has 0 radical (unpaired) electrons. The Balaban J connectivity index is 2.09. The zero-order valence-corrected chi connectivity index (χ0v) is 7.19. The number of nitrogens with two attached hydrogens (primary N) is 1. The van der Waals surface area contributed by atoms with Gasteiger partial charge < -0.3 is 15.2 Å². The number of ether oxygens (including phenoxy) is 2. The van der Waals surface area contributed by atoms with E-state index in [0.29, 0.717) is 36.7 Å². The number of fused-ring (bicyclic) bond motifs is 1. The molecule has 2 N–H and O–H groups in total. The van der Waals surface area contributed by atoms with Crippen molar-refractivity contribution in [2.45, 2.75) is 18.9 Å². The van der Waals surface area contributed by atoms with Gasteiger partial charge in [0, 0.05) is 0 Å². The van der Waals surface area contributed by atoms with Crippen molar-refractivity contribution in [1.29, 1.82) is 0 Å². The van der Waals surface area contributed by atoms with Gasteiger partial charge in [-0.25, -0.2) is 4.68 Å². The molecule has 1 saturated carbocycles. The molecule has 0 amide bonds. The number of hydrogen-bond donors (Lipinski definition) is 1. The molecule has 1 aromatic heterocycles. The Labute approximate surface area is 75.4 Å². The Morgan fingerprint density at radius 3 is 2.85 bits per heavy atom. The molecule has 2 aliphatic rings. The average Bonchev–Trinajstić information content (AvgIpc) is 2.94. The predicted octanol–water partition coefficient (Wildman–Crippen LogP) is 0.571. The van der Waals surface area contributed by atoms with E-state index in [1.54, 1.807) is 0 Å². The topological polar surface area (TPSA) is 62.3 Å². The highest BCUT2D eigenvalue weighted by atomic mass is 16.6. The highest BCUT2D eigenvalue weighted by molar-refractivity contribution is 5.54. The van der Waals surface area contributed by atoms with Crippen LogP contribution in [0.15, 0.2) is 0 Å². The van der Waals surface area contributed by atoms with Gasteiger partial charge >= 0.3 is 0 Å². The first-order valence-corrected chi connectivity index (χ1v) is 4.50. The van der Waals surface area contributed by atoms with Crippen molar-refractivity contribution in [3.8, 4) is 11.6 Å². The molecule has 2 heterocycles. The zero-order valence-electron chi connectivity index (χ0n) is 7.19. The fourth-order valence-electron chi connectivity index (χ4n) is 1.54. The van der Waals surface area contributed by atoms with Crippen LogP contribution in [-0.2, 0) is 0 Å². The second kappa shape index (κ2) is 2.31. The van der Waals surface area contributed by atoms with Crippen LogP contribution < -0.4 is 15.2 Å². The van der Waals surface area contributed by atoms with Gasteiger partial charge in [-0.05, 0) is 12.8 Å². The molecule has 0 bridgehead atoms. The minimum Gasteiger partial charge on any atom is -0.482 e. The molecule has 1 aliphatic heterocycles. The number of rotatable bonds is 1. The van der Waals surface area contributed by atoms with Crippen LogP contribution >= 0.6 is 0 Å². The molecule has 1 fully saturated rings. The van der Waals surface area contributed by atoms with E-state index in [0.717, 1.165) is 12.8 Å². The van der Waals surface area contributed by atoms with Crippen molar-refractivity contribution in [2.24, 2.45) is 0 Å². The quantitative estimate of drug-likeness (QED) is 0.688. The van der Waals surface area contributed by atoms with Gasteiger partial charge in [0.05, 0.1) is 6.04 Å². The standard InChI is InChI=1S/C8H11N3O2/c9-7-6-8(13-4-3-12-6)11(10-7)5-1-2-5/h5H,1-4H2,(H2,9,10). The van der Waals surface area contributed by atoms with Crippen LogP contribution in [0, 0.1) is 0 Å². The van der Waals surface area contributed by atoms with E-state index in [9.17, 15) is 0 Å². The fourth-order valence-corrected chi connectivity index (χ4v) is 1.54. The van der Waals surface area contributed by atoms with Crippen LogP contribution in [0.5, 0.6) is 11.6 Å². The van der Waals surface area contributed by atoms with Crippen LogP contribution in [0.4, 0.5) is 5.82 Å². The summed E-state index contributed by atoms with van der Waals surface area (Å²) >= 11 is 0. The maximum absolute atomic E-state index is 5.69. The van der Waals surface area contributed by atoms with Crippen LogP contribution in [-0.4, -0.2) is 23.0 Å². The molecule has 0 atom stereocenters. The second-order valence-corrected chi connectivity index (χ2v) is 3.39. The minimum atomic E-state index is 0.446. The summed E-state index contributed by atoms with van der Waals surface area (Å²) in [5.41, 5.74) is 5.69. The average molecular weight is 181 g/mol. The second-order valence-electron chi connectivity index (χ2n) is 3.39. The molecular formula is C8H11N3O2. The van der Waals surface area contributed by atoms with Crippen LogP contribution in [0.2, 0.25) is 0 Å². The van der Waals surface area contributed by atoms with Crippen LogP contribution in [0.1, 0.15) is 18.9 Å². The monoisotopic (exact) mass is 181 g/mol. The summed E-state index contributed by atoms with van der Waals surface area (Å²) in [5, 5.41) is 4.20. The first kappa shape index (κ1) is 7.06. The molecular weight excluding hydrogens is 170 g/mol. The van der Waals surface area contributed by atoms with Crippen molar-refractivity contribution in [3.05, 3.63) is 0 Å². The number of anilines is 1. The first-order chi connectivity index (χ1) is 6.36. The predicted molar refractivity (Wildman–Crippen MR) is 45.9 cm³/mol. The fraction of sp³-hybridized carbons (Fsp3) is 0.625. The van der Waals surface area contributed by atoms with E-state index in [-0.39, 0.29) is 0 Å². The molecule has 5 heteroatoms. The number of nitrogen functional groups attached to an aromatic ring is 1. The molecule has 1 aromatic rings. The number of aromatic nitrogens is 2. The summed E-state index contributed by atoms with van der Waals surface area (Å²) in [6, 6.07) is 0.479. The third kappa shape index (κ3) is 0.961. The summed E-state index contributed by atoms with van der Waals surface area (Å²) in [6.07, 6.45) is 2.33. The molecule has 0 saturated heterocycles. The highest BCUT2D eigenvalue weighted by Crippen LogP contribution is 2.44. The summed E-state index contributed by atoms with van der Waals surface area (Å²) in [4.78, 5) is 0. The lowest BCUT2D eigenvalue weighted by Crippen LogP contribution is -2.17. The van der Waals surface area contributed by atoms with E-state index in [1.807, 2.05) is 4.68 Å². The Kier molecular flexibility index (Phi) is 1.25. The number of nitrogens with zero attached hydrogens (tertiary/aromatic N) is 2. The van der Waals surface area contributed by atoms with Gasteiger partial charge in [-0.1, -0.05) is 0 Å². The molecule has 13 heavy (non-hydrogen) atoms. The van der Waals surface area contributed by atoms with Crippen molar-refractivity contribution >= 4 is 5.82 Å². The highest BCUT2D eigenvalue weighted by Gasteiger charge is 2.32. The molecule has 3 rings (SSSR count). The SMILES string of the molecule is Nc1nn(C2CC2)c2c1OCCO2. The zero-order chi connectivity index (χ0) is 8.84. The Bertz CT molecular complexity index is 343. The van der Waals surface area contributed by atoms with Crippen molar-refractivity contribution in [3.63, 3.8) is 0 Å². The Morgan fingerprint density at radius 2 is 2.08 bits per heavy atom. The third-order valence-electron chi connectivity index (χ3n) is 2.31. The van der Waals surface area contributed by atoms with E-state index < -0.39 is 0 Å². The molecule has 70 valence electrons. The maximum Gasteiger partial charge on any atom is 0.258 e. The van der Waals surface area contributed by atoms with Crippen LogP contribution in [0.25, 0.3) is 0 Å². The van der Waals surface area contributed by atoms with E-state index in [2.05, 4.69) is 5.10 Å². The summed E-state index contributed by atoms with van der Waals surface area (Å²) in [7, 11) is 0. The van der Waals surface area contributed by atoms with Crippen molar-refractivity contribution in [2.75, 3.05) is 18.9 Å². The third-order valence-corrected chi connectivity index (χ3v) is 2.31. The summed E-state index contributed by atoms with van der Waals surface area (Å²) in [5.74, 6) is 1.78. The first-order valence-electron chi connectivity index (χ1n) is 4.50. The number of hydrogen-bond acceptors (Lipinski definition) is 4. The van der Waals surface area contributed by atoms with E-state index in [4.69, 9.17) is 15.2 Å². The van der Waals surface area contributed by atoms with E-state index >= 15 is 0 Å².